The number of rotatable bonds is 2. The van der Waals surface area contributed by atoms with Gasteiger partial charge in [-0.1, -0.05) is 60.7 Å². The third-order valence-corrected chi connectivity index (χ3v) is 8.08. The average molecular weight is 499 g/mol. The predicted molar refractivity (Wildman–Crippen MR) is 161 cm³/mol. The van der Waals surface area contributed by atoms with Crippen LogP contribution in [0.2, 0.25) is 0 Å². The Bertz CT molecular complexity index is 2220. The van der Waals surface area contributed by atoms with Crippen molar-refractivity contribution in [3.63, 3.8) is 0 Å². The Morgan fingerprint density at radius 1 is 0.436 bits per heavy atom. The summed E-state index contributed by atoms with van der Waals surface area (Å²) in [5.41, 5.74) is 10.6. The summed E-state index contributed by atoms with van der Waals surface area (Å²) in [5, 5.41) is 5.02. The Labute approximate surface area is 224 Å². The van der Waals surface area contributed by atoms with E-state index in [1.807, 2.05) is 18.5 Å². The van der Waals surface area contributed by atoms with Crippen molar-refractivity contribution >= 4 is 60.7 Å². The number of aromatic nitrogens is 3. The molecular formula is C35H22N4. The van der Waals surface area contributed by atoms with E-state index in [1.54, 1.807) is 0 Å². The number of anilines is 3. The van der Waals surface area contributed by atoms with Crippen LogP contribution in [0.25, 0.3) is 55.0 Å². The molecule has 0 atom stereocenters. The molecule has 0 aliphatic carbocycles. The average Bonchev–Trinajstić information content (AvgIpc) is 3.50. The zero-order valence-corrected chi connectivity index (χ0v) is 21.0. The van der Waals surface area contributed by atoms with Crippen LogP contribution in [0.1, 0.15) is 0 Å². The van der Waals surface area contributed by atoms with E-state index in [0.717, 1.165) is 11.4 Å². The van der Waals surface area contributed by atoms with Gasteiger partial charge in [0.1, 0.15) is 0 Å². The van der Waals surface area contributed by atoms with Gasteiger partial charge in [0.05, 0.1) is 51.0 Å². The van der Waals surface area contributed by atoms with Gasteiger partial charge in [0.2, 0.25) is 0 Å². The van der Waals surface area contributed by atoms with Crippen LogP contribution in [0, 0.1) is 0 Å². The number of pyridine rings is 1. The second-order valence-corrected chi connectivity index (χ2v) is 10.1. The summed E-state index contributed by atoms with van der Waals surface area (Å²) < 4.78 is 4.80. The van der Waals surface area contributed by atoms with E-state index in [9.17, 15) is 0 Å². The summed E-state index contributed by atoms with van der Waals surface area (Å²) >= 11 is 0. The molecule has 0 amide bonds. The van der Waals surface area contributed by atoms with Crippen LogP contribution in [0.15, 0.2) is 134 Å². The van der Waals surface area contributed by atoms with Gasteiger partial charge < -0.3 is 14.0 Å². The molecule has 9 rings (SSSR count). The lowest BCUT2D eigenvalue weighted by atomic mass is 10.1. The van der Waals surface area contributed by atoms with Crippen LogP contribution in [0.3, 0.4) is 0 Å². The lowest BCUT2D eigenvalue weighted by Gasteiger charge is -2.33. The van der Waals surface area contributed by atoms with Crippen molar-refractivity contribution in [2.45, 2.75) is 0 Å². The molecule has 3 aromatic heterocycles. The monoisotopic (exact) mass is 498 g/mol. The maximum absolute atomic E-state index is 4.44. The molecule has 0 saturated heterocycles. The molecule has 0 N–H and O–H groups in total. The molecule has 8 aromatic rings. The van der Waals surface area contributed by atoms with E-state index in [1.165, 1.54) is 60.7 Å². The van der Waals surface area contributed by atoms with E-state index in [4.69, 9.17) is 0 Å². The third-order valence-electron chi connectivity index (χ3n) is 8.08. The van der Waals surface area contributed by atoms with E-state index >= 15 is 0 Å². The molecule has 0 spiro atoms. The van der Waals surface area contributed by atoms with E-state index < -0.39 is 0 Å². The quantitative estimate of drug-likeness (QED) is 0.238. The maximum atomic E-state index is 4.44. The molecule has 0 radical (unpaired) electrons. The first-order valence-corrected chi connectivity index (χ1v) is 13.2. The van der Waals surface area contributed by atoms with Crippen LogP contribution in [-0.2, 0) is 0 Å². The summed E-state index contributed by atoms with van der Waals surface area (Å²) in [6, 6.07) is 43.7. The lowest BCUT2D eigenvalue weighted by Crippen LogP contribution is -2.17. The van der Waals surface area contributed by atoms with Gasteiger partial charge in [0.15, 0.2) is 0 Å². The predicted octanol–water partition coefficient (Wildman–Crippen LogP) is 9.06. The Morgan fingerprint density at radius 2 is 1.13 bits per heavy atom. The summed E-state index contributed by atoms with van der Waals surface area (Å²) in [5.74, 6) is 0. The molecule has 0 bridgehead atoms. The van der Waals surface area contributed by atoms with Gasteiger partial charge in [0, 0.05) is 33.4 Å². The van der Waals surface area contributed by atoms with Crippen LogP contribution in [-0.4, -0.2) is 14.1 Å². The highest BCUT2D eigenvalue weighted by Gasteiger charge is 2.28. The third kappa shape index (κ3) is 2.70. The van der Waals surface area contributed by atoms with E-state index in [-0.39, 0.29) is 0 Å². The smallest absolute Gasteiger partial charge is 0.0783 e. The largest absolute Gasteiger partial charge is 0.308 e. The van der Waals surface area contributed by atoms with Gasteiger partial charge in [-0.05, 0) is 60.7 Å². The summed E-state index contributed by atoms with van der Waals surface area (Å²) in [6.45, 7) is 0. The molecule has 1 aliphatic heterocycles. The fourth-order valence-electron chi connectivity index (χ4n) is 6.53. The second-order valence-electron chi connectivity index (χ2n) is 10.1. The molecule has 1 aliphatic rings. The Kier molecular flexibility index (Phi) is 4.02. The summed E-state index contributed by atoms with van der Waals surface area (Å²) in [7, 11) is 0. The molecule has 182 valence electrons. The minimum atomic E-state index is 1.06. The first-order valence-electron chi connectivity index (χ1n) is 13.2. The SMILES string of the molecule is c1ccc(N2c3ccccc3-n3c4cc5c(cc4c4cccc2c43)c2ccccc2n5-c2cccnc2)cc1. The highest BCUT2D eigenvalue weighted by Crippen LogP contribution is 2.50. The molecule has 0 saturated carbocycles. The zero-order chi connectivity index (χ0) is 25.5. The molecule has 0 unspecified atom stereocenters. The highest BCUT2D eigenvalue weighted by molar-refractivity contribution is 6.22. The van der Waals surface area contributed by atoms with Gasteiger partial charge in [-0.25, -0.2) is 0 Å². The van der Waals surface area contributed by atoms with Crippen molar-refractivity contribution in [3.8, 4) is 11.4 Å². The van der Waals surface area contributed by atoms with Crippen LogP contribution >= 0.6 is 0 Å². The van der Waals surface area contributed by atoms with Gasteiger partial charge in [-0.2, -0.15) is 0 Å². The van der Waals surface area contributed by atoms with Crippen LogP contribution in [0.4, 0.5) is 17.1 Å². The normalized spacial score (nSPS) is 12.6. The minimum absolute atomic E-state index is 1.06. The molecule has 0 fully saturated rings. The number of hydrogen-bond acceptors (Lipinski definition) is 2. The number of nitrogens with zero attached hydrogens (tertiary/aromatic N) is 4. The second kappa shape index (κ2) is 7.59. The van der Waals surface area contributed by atoms with Gasteiger partial charge in [-0.3, -0.25) is 4.98 Å². The fourth-order valence-corrected chi connectivity index (χ4v) is 6.53. The minimum Gasteiger partial charge on any atom is -0.308 e. The first-order chi connectivity index (χ1) is 19.4. The molecular weight excluding hydrogens is 476 g/mol. The van der Waals surface area contributed by atoms with Gasteiger partial charge >= 0.3 is 0 Å². The lowest BCUT2D eigenvalue weighted by molar-refractivity contribution is 1.11. The van der Waals surface area contributed by atoms with E-state index in [0.29, 0.717) is 0 Å². The molecule has 39 heavy (non-hydrogen) atoms. The zero-order valence-electron chi connectivity index (χ0n) is 21.0. The van der Waals surface area contributed by atoms with Crippen molar-refractivity contribution in [1.82, 2.24) is 14.1 Å². The highest BCUT2D eigenvalue weighted by atomic mass is 15.2. The molecule has 4 heteroatoms. The van der Waals surface area contributed by atoms with Crippen molar-refractivity contribution in [3.05, 3.63) is 134 Å². The van der Waals surface area contributed by atoms with E-state index in [2.05, 4.69) is 134 Å². The van der Waals surface area contributed by atoms with Crippen molar-refractivity contribution in [1.29, 1.82) is 0 Å². The molecule has 4 heterocycles. The topological polar surface area (TPSA) is 26.0 Å². The molecule has 4 nitrogen and oxygen atoms in total. The number of benzene rings is 5. The number of fused-ring (bicyclic) bond motifs is 8. The standard InChI is InChI=1S/C35H22N4/c1-2-10-23(11-3-1)37-30-16-6-7-17-31(30)39-34-21-33-27(20-28(34)26-14-8-18-32(37)35(26)39)25-13-4-5-15-29(25)38(33)24-12-9-19-36-22-24/h1-22H. The van der Waals surface area contributed by atoms with Crippen molar-refractivity contribution < 1.29 is 0 Å². The Morgan fingerprint density at radius 3 is 2.00 bits per heavy atom. The van der Waals surface area contributed by atoms with Crippen LogP contribution < -0.4 is 4.90 Å². The molecule has 5 aromatic carbocycles. The first kappa shape index (κ1) is 20.7. The van der Waals surface area contributed by atoms with Gasteiger partial charge in [-0.15, -0.1) is 0 Å². The van der Waals surface area contributed by atoms with Crippen molar-refractivity contribution in [2.24, 2.45) is 0 Å². The number of para-hydroxylation sites is 5. The van der Waals surface area contributed by atoms with Gasteiger partial charge in [0.25, 0.3) is 0 Å². The van der Waals surface area contributed by atoms with Crippen molar-refractivity contribution in [2.75, 3.05) is 4.90 Å². The fraction of sp³-hybridized carbons (Fsp3) is 0. The Hall–Kier alpha value is -5.35. The summed E-state index contributed by atoms with van der Waals surface area (Å²) in [4.78, 5) is 6.83. The Balaban J connectivity index is 1.47. The maximum Gasteiger partial charge on any atom is 0.0783 e. The number of hydrogen-bond donors (Lipinski definition) is 0. The van der Waals surface area contributed by atoms with Crippen LogP contribution in [0.5, 0.6) is 0 Å². The summed E-state index contributed by atoms with van der Waals surface area (Å²) in [6.07, 6.45) is 3.77.